The molecule has 25 heavy (non-hydrogen) atoms. The first-order chi connectivity index (χ1) is 12.2. The number of rotatable bonds is 6. The molecule has 3 aromatic rings. The number of halogens is 1. The number of thioether (sulfide) groups is 1. The van der Waals surface area contributed by atoms with E-state index in [-0.39, 0.29) is 16.7 Å². The zero-order valence-corrected chi connectivity index (χ0v) is 14.9. The second-order valence-electron chi connectivity index (χ2n) is 4.90. The molecular formula is C17H14FN3O2S2. The van der Waals surface area contributed by atoms with E-state index in [4.69, 9.17) is 4.74 Å². The second-order valence-corrected chi connectivity index (χ2v) is 6.98. The monoisotopic (exact) mass is 375 g/mol. The third-order valence-electron chi connectivity index (χ3n) is 3.20. The third kappa shape index (κ3) is 4.55. The number of benzene rings is 2. The summed E-state index contributed by atoms with van der Waals surface area (Å²) < 4.78 is 18.7. The lowest BCUT2D eigenvalue weighted by Crippen LogP contribution is -2.11. The van der Waals surface area contributed by atoms with Crippen LogP contribution in [0.15, 0.2) is 53.4 Å². The van der Waals surface area contributed by atoms with Crippen LogP contribution in [0.5, 0.6) is 5.75 Å². The normalized spacial score (nSPS) is 10.5. The van der Waals surface area contributed by atoms with E-state index in [1.54, 1.807) is 49.6 Å². The van der Waals surface area contributed by atoms with Gasteiger partial charge in [-0.15, -0.1) is 22.0 Å². The van der Waals surface area contributed by atoms with E-state index >= 15 is 0 Å². The molecule has 0 saturated heterocycles. The molecule has 0 aliphatic rings. The van der Waals surface area contributed by atoms with Crippen LogP contribution in [0, 0.1) is 5.82 Å². The molecule has 0 aliphatic carbocycles. The van der Waals surface area contributed by atoms with Gasteiger partial charge in [0, 0.05) is 10.6 Å². The van der Waals surface area contributed by atoms with Crippen LogP contribution in [0.3, 0.4) is 0 Å². The first-order valence-corrected chi connectivity index (χ1v) is 9.11. The third-order valence-corrected chi connectivity index (χ3v) is 5.36. The summed E-state index contributed by atoms with van der Waals surface area (Å²) in [5, 5.41) is 11.6. The van der Waals surface area contributed by atoms with Gasteiger partial charge in [-0.25, -0.2) is 4.39 Å². The van der Waals surface area contributed by atoms with Crippen molar-refractivity contribution in [2.24, 2.45) is 0 Å². The summed E-state index contributed by atoms with van der Waals surface area (Å²) in [4.78, 5) is 12.8. The van der Waals surface area contributed by atoms with Gasteiger partial charge < -0.3 is 10.1 Å². The molecule has 0 unspecified atom stereocenters. The average Bonchev–Trinajstić information content (AvgIpc) is 3.11. The first kappa shape index (κ1) is 17.4. The molecule has 0 saturated carbocycles. The van der Waals surface area contributed by atoms with Crippen LogP contribution in [-0.2, 0) is 5.75 Å². The Morgan fingerprint density at radius 3 is 2.68 bits per heavy atom. The average molecular weight is 375 g/mol. The molecule has 128 valence electrons. The molecule has 1 N–H and O–H groups in total. The van der Waals surface area contributed by atoms with Crippen LogP contribution >= 0.6 is 23.1 Å². The molecule has 0 spiro atoms. The number of hydrogen-bond donors (Lipinski definition) is 1. The van der Waals surface area contributed by atoms with E-state index in [2.05, 4.69) is 15.5 Å². The van der Waals surface area contributed by atoms with E-state index < -0.39 is 0 Å². The van der Waals surface area contributed by atoms with Gasteiger partial charge in [0.15, 0.2) is 0 Å². The van der Waals surface area contributed by atoms with Crippen LogP contribution in [0.4, 0.5) is 10.1 Å². The molecule has 0 radical (unpaired) electrons. The maximum Gasteiger partial charge on any atom is 0.286 e. The molecule has 0 atom stereocenters. The summed E-state index contributed by atoms with van der Waals surface area (Å²) in [7, 11) is 1.58. The Morgan fingerprint density at radius 1 is 1.20 bits per heavy atom. The van der Waals surface area contributed by atoms with Crippen molar-refractivity contribution < 1.29 is 13.9 Å². The van der Waals surface area contributed by atoms with Crippen molar-refractivity contribution >= 4 is 34.7 Å². The summed E-state index contributed by atoms with van der Waals surface area (Å²) in [6, 6.07) is 13.5. The molecule has 1 heterocycles. The van der Waals surface area contributed by atoms with E-state index in [1.165, 1.54) is 29.2 Å². The Hall–Kier alpha value is -2.45. The number of nitrogens with zero attached hydrogens (tertiary/aromatic N) is 2. The summed E-state index contributed by atoms with van der Waals surface area (Å²) in [6.45, 7) is 0. The maximum absolute atomic E-state index is 13.6. The lowest BCUT2D eigenvalue weighted by Gasteiger charge is -2.04. The Bertz CT molecular complexity index is 868. The Morgan fingerprint density at radius 2 is 1.96 bits per heavy atom. The number of hydrogen-bond acceptors (Lipinski definition) is 6. The fraction of sp³-hybridized carbons (Fsp3) is 0.118. The standard InChI is InChI=1S/C17H14FN3O2S2/c1-23-12-8-6-11(7-9-12)19-16(22)17-21-20-15(25-17)10-24-14-5-3-2-4-13(14)18/h2-9H,10H2,1H3,(H,19,22). The molecule has 1 aromatic heterocycles. The van der Waals surface area contributed by atoms with Gasteiger partial charge in [0.1, 0.15) is 16.6 Å². The van der Waals surface area contributed by atoms with Crippen molar-refractivity contribution in [3.8, 4) is 5.75 Å². The molecule has 8 heteroatoms. The lowest BCUT2D eigenvalue weighted by molar-refractivity contribution is 0.102. The van der Waals surface area contributed by atoms with Crippen LogP contribution in [0.25, 0.3) is 0 Å². The molecular weight excluding hydrogens is 361 g/mol. The van der Waals surface area contributed by atoms with Gasteiger partial charge in [-0.05, 0) is 36.4 Å². The molecule has 1 amide bonds. The number of ether oxygens (including phenoxy) is 1. The van der Waals surface area contributed by atoms with Crippen molar-refractivity contribution in [3.63, 3.8) is 0 Å². The summed E-state index contributed by atoms with van der Waals surface area (Å²) in [5.41, 5.74) is 0.642. The number of carbonyl (C=O) groups is 1. The van der Waals surface area contributed by atoms with Crippen LogP contribution in [-0.4, -0.2) is 23.2 Å². The van der Waals surface area contributed by atoms with Crippen molar-refractivity contribution in [3.05, 3.63) is 64.4 Å². The number of anilines is 1. The molecule has 0 fully saturated rings. The Balaban J connectivity index is 1.60. The van der Waals surface area contributed by atoms with Gasteiger partial charge in [-0.2, -0.15) is 0 Å². The largest absolute Gasteiger partial charge is 0.497 e. The van der Waals surface area contributed by atoms with Crippen molar-refractivity contribution in [2.45, 2.75) is 10.6 Å². The second kappa shape index (κ2) is 8.09. The molecule has 5 nitrogen and oxygen atoms in total. The van der Waals surface area contributed by atoms with Crippen molar-refractivity contribution in [1.82, 2.24) is 10.2 Å². The minimum Gasteiger partial charge on any atom is -0.497 e. The zero-order valence-electron chi connectivity index (χ0n) is 13.2. The highest BCUT2D eigenvalue weighted by atomic mass is 32.2. The van der Waals surface area contributed by atoms with Gasteiger partial charge in [-0.3, -0.25) is 4.79 Å². The quantitative estimate of drug-likeness (QED) is 0.653. The fourth-order valence-corrected chi connectivity index (χ4v) is 3.62. The van der Waals surface area contributed by atoms with Crippen molar-refractivity contribution in [2.75, 3.05) is 12.4 Å². The van der Waals surface area contributed by atoms with Gasteiger partial charge in [-0.1, -0.05) is 23.5 Å². The smallest absolute Gasteiger partial charge is 0.286 e. The first-order valence-electron chi connectivity index (χ1n) is 7.31. The van der Waals surface area contributed by atoms with E-state index in [0.29, 0.717) is 27.1 Å². The van der Waals surface area contributed by atoms with Crippen LogP contribution < -0.4 is 10.1 Å². The predicted octanol–water partition coefficient (Wildman–Crippen LogP) is 4.23. The van der Waals surface area contributed by atoms with E-state index in [1.807, 2.05) is 0 Å². The van der Waals surface area contributed by atoms with Gasteiger partial charge >= 0.3 is 0 Å². The molecule has 0 aliphatic heterocycles. The van der Waals surface area contributed by atoms with Crippen molar-refractivity contribution in [1.29, 1.82) is 0 Å². The summed E-state index contributed by atoms with van der Waals surface area (Å²) in [6.07, 6.45) is 0. The lowest BCUT2D eigenvalue weighted by atomic mass is 10.3. The maximum atomic E-state index is 13.6. The van der Waals surface area contributed by atoms with E-state index in [0.717, 1.165) is 0 Å². The highest BCUT2D eigenvalue weighted by Gasteiger charge is 2.14. The van der Waals surface area contributed by atoms with Crippen LogP contribution in [0.2, 0.25) is 0 Å². The minimum atomic E-state index is -0.329. The Labute approximate surface area is 152 Å². The summed E-state index contributed by atoms with van der Waals surface area (Å²) in [5.74, 6) is 0.565. The fourth-order valence-electron chi connectivity index (χ4n) is 1.96. The highest BCUT2D eigenvalue weighted by molar-refractivity contribution is 7.98. The number of nitrogens with one attached hydrogen (secondary N) is 1. The number of amides is 1. The molecule has 3 rings (SSSR count). The van der Waals surface area contributed by atoms with Crippen LogP contribution in [0.1, 0.15) is 14.8 Å². The van der Waals surface area contributed by atoms with Gasteiger partial charge in [0.2, 0.25) is 5.01 Å². The number of aromatic nitrogens is 2. The molecule has 2 aromatic carbocycles. The minimum absolute atomic E-state index is 0.264. The Kier molecular flexibility index (Phi) is 5.62. The topological polar surface area (TPSA) is 64.1 Å². The van der Waals surface area contributed by atoms with Gasteiger partial charge in [0.25, 0.3) is 5.91 Å². The number of carbonyl (C=O) groups excluding carboxylic acids is 1. The highest BCUT2D eigenvalue weighted by Crippen LogP contribution is 2.26. The zero-order chi connectivity index (χ0) is 17.6. The van der Waals surface area contributed by atoms with Gasteiger partial charge in [0.05, 0.1) is 12.9 Å². The molecule has 0 bridgehead atoms. The number of methoxy groups -OCH3 is 1. The SMILES string of the molecule is COc1ccc(NC(=O)c2nnc(CSc3ccccc3F)s2)cc1. The van der Waals surface area contributed by atoms with E-state index in [9.17, 15) is 9.18 Å². The predicted molar refractivity (Wildman–Crippen MR) is 96.8 cm³/mol. The summed E-state index contributed by atoms with van der Waals surface area (Å²) >= 11 is 2.51.